The Bertz CT molecular complexity index is 864. The maximum absolute atomic E-state index is 6.19. The fourth-order valence-corrected chi connectivity index (χ4v) is 3.02. The van der Waals surface area contributed by atoms with E-state index in [1.54, 1.807) is 6.07 Å². The van der Waals surface area contributed by atoms with Crippen LogP contribution in [0.1, 0.15) is 16.7 Å². The molecule has 0 bridgehead atoms. The van der Waals surface area contributed by atoms with Crippen LogP contribution in [0.3, 0.4) is 0 Å². The van der Waals surface area contributed by atoms with Gasteiger partial charge in [0.25, 0.3) is 0 Å². The van der Waals surface area contributed by atoms with E-state index in [9.17, 15) is 0 Å². The quantitative estimate of drug-likeness (QED) is 0.534. The molecule has 0 atom stereocenters. The average molecular weight is 372 g/mol. The molecule has 128 valence electrons. The Kier molecular flexibility index (Phi) is 5.85. The first-order valence-electron chi connectivity index (χ1n) is 8.06. The van der Waals surface area contributed by atoms with Crippen LogP contribution in [0, 0.1) is 6.92 Å². The molecule has 2 nitrogen and oxygen atoms in total. The van der Waals surface area contributed by atoms with Crippen molar-refractivity contribution in [3.63, 3.8) is 0 Å². The zero-order valence-corrected chi connectivity index (χ0v) is 15.4. The monoisotopic (exact) mass is 371 g/mol. The van der Waals surface area contributed by atoms with Gasteiger partial charge in [-0.15, -0.1) is 0 Å². The van der Waals surface area contributed by atoms with Gasteiger partial charge >= 0.3 is 0 Å². The summed E-state index contributed by atoms with van der Waals surface area (Å²) >= 11 is 12.1. The first kappa shape index (κ1) is 17.7. The first-order valence-corrected chi connectivity index (χ1v) is 8.82. The van der Waals surface area contributed by atoms with Crippen molar-refractivity contribution >= 4 is 28.9 Å². The number of anilines is 1. The molecule has 3 aromatic carbocycles. The number of hydrogen-bond donors (Lipinski definition) is 1. The highest BCUT2D eigenvalue weighted by atomic mass is 35.5. The fourth-order valence-electron chi connectivity index (χ4n) is 2.54. The minimum absolute atomic E-state index is 0.557. The summed E-state index contributed by atoms with van der Waals surface area (Å²) in [7, 11) is 0. The molecule has 0 fully saturated rings. The predicted octanol–water partition coefficient (Wildman–Crippen LogP) is 6.49. The van der Waals surface area contributed by atoms with Crippen molar-refractivity contribution in [1.82, 2.24) is 0 Å². The number of nitrogens with one attached hydrogen (secondary N) is 1. The summed E-state index contributed by atoms with van der Waals surface area (Å²) < 4.78 is 5.91. The van der Waals surface area contributed by atoms with Crippen molar-refractivity contribution < 1.29 is 4.74 Å². The van der Waals surface area contributed by atoms with Crippen LogP contribution >= 0.6 is 23.2 Å². The van der Waals surface area contributed by atoms with Gasteiger partial charge < -0.3 is 10.1 Å². The fraction of sp³-hybridized carbons (Fsp3) is 0.143. The van der Waals surface area contributed by atoms with Gasteiger partial charge in [-0.2, -0.15) is 0 Å². The van der Waals surface area contributed by atoms with Crippen molar-refractivity contribution in [2.75, 3.05) is 5.32 Å². The van der Waals surface area contributed by atoms with Crippen LogP contribution < -0.4 is 10.1 Å². The van der Waals surface area contributed by atoms with Crippen molar-refractivity contribution in [2.45, 2.75) is 20.1 Å². The highest BCUT2D eigenvalue weighted by molar-refractivity contribution is 6.36. The van der Waals surface area contributed by atoms with Gasteiger partial charge in [0.1, 0.15) is 12.4 Å². The van der Waals surface area contributed by atoms with E-state index in [0.717, 1.165) is 22.6 Å². The molecule has 0 aliphatic carbocycles. The third-order valence-corrected chi connectivity index (χ3v) is 4.35. The zero-order chi connectivity index (χ0) is 17.6. The topological polar surface area (TPSA) is 21.3 Å². The SMILES string of the molecule is Cc1cccc(COc2cccc(CNc3ccc(Cl)cc3Cl)c2)c1. The third kappa shape index (κ3) is 5.15. The van der Waals surface area contributed by atoms with Crippen molar-refractivity contribution in [2.24, 2.45) is 0 Å². The molecule has 0 unspecified atom stereocenters. The van der Waals surface area contributed by atoms with E-state index in [1.165, 1.54) is 5.56 Å². The average Bonchev–Trinajstić information content (AvgIpc) is 2.60. The lowest BCUT2D eigenvalue weighted by atomic mass is 10.1. The highest BCUT2D eigenvalue weighted by Gasteiger charge is 2.03. The van der Waals surface area contributed by atoms with Gasteiger partial charge in [-0.1, -0.05) is 65.2 Å². The molecular formula is C21H19Cl2NO. The first-order chi connectivity index (χ1) is 12.1. The second kappa shape index (κ2) is 8.28. The van der Waals surface area contributed by atoms with E-state index >= 15 is 0 Å². The number of ether oxygens (including phenoxy) is 1. The number of aryl methyl sites for hydroxylation is 1. The van der Waals surface area contributed by atoms with E-state index in [-0.39, 0.29) is 0 Å². The Morgan fingerprint density at radius 3 is 2.48 bits per heavy atom. The molecule has 0 aliphatic rings. The maximum Gasteiger partial charge on any atom is 0.120 e. The molecule has 1 N–H and O–H groups in total. The van der Waals surface area contributed by atoms with Gasteiger partial charge in [-0.3, -0.25) is 0 Å². The Morgan fingerprint density at radius 1 is 0.880 bits per heavy atom. The number of halogens is 2. The minimum Gasteiger partial charge on any atom is -0.489 e. The molecule has 3 aromatic rings. The Hall–Kier alpha value is -2.16. The largest absolute Gasteiger partial charge is 0.489 e. The van der Waals surface area contributed by atoms with Gasteiger partial charge in [0.05, 0.1) is 10.7 Å². The van der Waals surface area contributed by atoms with E-state index in [2.05, 4.69) is 36.5 Å². The standard InChI is InChI=1S/C21H19Cl2NO/c1-15-4-2-6-17(10-15)14-25-19-7-3-5-16(11-19)13-24-21-9-8-18(22)12-20(21)23/h2-12,24H,13-14H2,1H3. The Labute approximate surface area is 158 Å². The van der Waals surface area contributed by atoms with Gasteiger partial charge in [0.15, 0.2) is 0 Å². The highest BCUT2D eigenvalue weighted by Crippen LogP contribution is 2.26. The summed E-state index contributed by atoms with van der Waals surface area (Å²) in [6.45, 7) is 3.29. The van der Waals surface area contributed by atoms with Crippen molar-refractivity contribution in [3.8, 4) is 5.75 Å². The zero-order valence-electron chi connectivity index (χ0n) is 13.9. The summed E-state index contributed by atoms with van der Waals surface area (Å²) in [5.74, 6) is 0.850. The van der Waals surface area contributed by atoms with Crippen LogP contribution in [0.2, 0.25) is 10.0 Å². The van der Waals surface area contributed by atoms with Gasteiger partial charge in [-0.05, 0) is 48.4 Å². The van der Waals surface area contributed by atoms with E-state index in [1.807, 2.05) is 36.4 Å². The maximum atomic E-state index is 6.19. The lowest BCUT2D eigenvalue weighted by Crippen LogP contribution is -2.01. The van der Waals surface area contributed by atoms with Gasteiger partial charge in [-0.25, -0.2) is 0 Å². The molecule has 0 saturated carbocycles. The second-order valence-electron chi connectivity index (χ2n) is 5.90. The van der Waals surface area contributed by atoms with Crippen LogP contribution in [0.15, 0.2) is 66.7 Å². The summed E-state index contributed by atoms with van der Waals surface area (Å²) in [4.78, 5) is 0. The smallest absolute Gasteiger partial charge is 0.120 e. The van der Waals surface area contributed by atoms with Crippen molar-refractivity contribution in [1.29, 1.82) is 0 Å². The van der Waals surface area contributed by atoms with Crippen LogP contribution in [-0.4, -0.2) is 0 Å². The van der Waals surface area contributed by atoms with Crippen LogP contribution in [-0.2, 0) is 13.2 Å². The van der Waals surface area contributed by atoms with Gasteiger partial charge in [0.2, 0.25) is 0 Å². The van der Waals surface area contributed by atoms with Gasteiger partial charge in [0, 0.05) is 11.6 Å². The number of hydrogen-bond acceptors (Lipinski definition) is 2. The molecule has 0 amide bonds. The van der Waals surface area contributed by atoms with E-state index in [4.69, 9.17) is 27.9 Å². The van der Waals surface area contributed by atoms with Crippen LogP contribution in [0.5, 0.6) is 5.75 Å². The molecule has 4 heteroatoms. The lowest BCUT2D eigenvalue weighted by molar-refractivity contribution is 0.306. The molecule has 25 heavy (non-hydrogen) atoms. The second-order valence-corrected chi connectivity index (χ2v) is 6.75. The molecule has 0 heterocycles. The number of rotatable bonds is 6. The third-order valence-electron chi connectivity index (χ3n) is 3.80. The van der Waals surface area contributed by atoms with Crippen molar-refractivity contribution in [3.05, 3.63) is 93.5 Å². The summed E-state index contributed by atoms with van der Waals surface area (Å²) in [6.07, 6.45) is 0. The lowest BCUT2D eigenvalue weighted by Gasteiger charge is -2.11. The molecule has 0 aliphatic heterocycles. The summed E-state index contributed by atoms with van der Waals surface area (Å²) in [5.41, 5.74) is 4.38. The predicted molar refractivity (Wildman–Crippen MR) is 106 cm³/mol. The summed E-state index contributed by atoms with van der Waals surface area (Å²) in [6, 6.07) is 21.8. The molecular weight excluding hydrogens is 353 g/mol. The molecule has 3 rings (SSSR count). The van der Waals surface area contributed by atoms with E-state index in [0.29, 0.717) is 23.2 Å². The van der Waals surface area contributed by atoms with Crippen LogP contribution in [0.4, 0.5) is 5.69 Å². The molecule has 0 aromatic heterocycles. The normalized spacial score (nSPS) is 10.5. The minimum atomic E-state index is 0.557. The molecule has 0 spiro atoms. The summed E-state index contributed by atoms with van der Waals surface area (Å²) in [5, 5.41) is 4.56. The Balaban J connectivity index is 1.61. The van der Waals surface area contributed by atoms with E-state index < -0.39 is 0 Å². The Morgan fingerprint density at radius 2 is 1.68 bits per heavy atom. The molecule has 0 saturated heterocycles. The van der Waals surface area contributed by atoms with Crippen LogP contribution in [0.25, 0.3) is 0 Å². The number of benzene rings is 3. The molecule has 0 radical (unpaired) electrons.